The summed E-state index contributed by atoms with van der Waals surface area (Å²) in [7, 11) is -3.02. The average molecular weight is 508 g/mol. The van der Waals surface area contributed by atoms with Crippen molar-refractivity contribution in [3.63, 3.8) is 0 Å². The van der Waals surface area contributed by atoms with Gasteiger partial charge in [-0.3, -0.25) is 4.72 Å². The maximum atomic E-state index is 14.9. The summed E-state index contributed by atoms with van der Waals surface area (Å²) in [5, 5.41) is 5.27. The molecule has 0 aliphatic carbocycles. The lowest BCUT2D eigenvalue weighted by molar-refractivity contribution is 0.406. The normalized spacial score (nSPS) is 18.7. The fourth-order valence-corrected chi connectivity index (χ4v) is 6.26. The highest BCUT2D eigenvalue weighted by Crippen LogP contribution is 2.35. The molecule has 2 aromatic carbocycles. The van der Waals surface area contributed by atoms with Crippen molar-refractivity contribution in [2.45, 2.75) is 37.8 Å². The summed E-state index contributed by atoms with van der Waals surface area (Å²) in [6, 6.07) is 9.04. The van der Waals surface area contributed by atoms with Gasteiger partial charge in [0, 0.05) is 41.3 Å². The summed E-state index contributed by atoms with van der Waals surface area (Å²) in [5.74, 6) is -1.57. The molecule has 3 aromatic rings. The van der Waals surface area contributed by atoms with Crippen molar-refractivity contribution in [3.05, 3.63) is 59.0 Å². The van der Waals surface area contributed by atoms with Gasteiger partial charge in [-0.1, -0.05) is 0 Å². The lowest BCUT2D eigenvalue weighted by Gasteiger charge is -2.38. The van der Waals surface area contributed by atoms with Crippen molar-refractivity contribution in [2.24, 2.45) is 0 Å². The molecule has 1 fully saturated rings. The quantitative estimate of drug-likeness (QED) is 0.492. The van der Waals surface area contributed by atoms with Gasteiger partial charge < -0.3 is 15.0 Å². The number of anilines is 2. The zero-order chi connectivity index (χ0) is 24.6. The molecule has 1 aliphatic rings. The summed E-state index contributed by atoms with van der Waals surface area (Å²) in [6.07, 6.45) is 0. The van der Waals surface area contributed by atoms with E-state index < -0.39 is 26.6 Å². The Morgan fingerprint density at radius 3 is 2.41 bits per heavy atom. The molecule has 2 N–H and O–H groups in total. The van der Waals surface area contributed by atoms with Gasteiger partial charge in [0.25, 0.3) is 10.0 Å². The highest BCUT2D eigenvalue weighted by molar-refractivity contribution is 7.92. The topological polar surface area (TPSA) is 70.7 Å². The summed E-state index contributed by atoms with van der Waals surface area (Å²) >= 11 is 1.26. The number of hydrogen-bond donors (Lipinski definition) is 2. The first kappa shape index (κ1) is 24.4. The molecule has 182 valence electrons. The molecule has 4 rings (SSSR count). The van der Waals surface area contributed by atoms with E-state index in [1.165, 1.54) is 18.4 Å². The van der Waals surface area contributed by atoms with Crippen LogP contribution >= 0.6 is 11.3 Å². The smallest absolute Gasteiger partial charge is 0.265 e. The summed E-state index contributed by atoms with van der Waals surface area (Å²) < 4.78 is 63.7. The Labute approximate surface area is 202 Å². The second-order valence-electron chi connectivity index (χ2n) is 8.61. The maximum absolute atomic E-state index is 14.9. The highest BCUT2D eigenvalue weighted by atomic mass is 32.2. The largest absolute Gasteiger partial charge is 0.495 e. The number of halogens is 2. The lowest BCUT2D eigenvalue weighted by Crippen LogP contribution is -2.54. The number of piperazine rings is 1. The van der Waals surface area contributed by atoms with Gasteiger partial charge in [-0.25, -0.2) is 17.2 Å². The maximum Gasteiger partial charge on any atom is 0.265 e. The molecule has 0 saturated carbocycles. The Bertz CT molecular complexity index is 1300. The standard InChI is InChI=1S/C24H27F2N3O3S2/c1-14-7-23(33-13-14)18-9-20(26)24(10-19(18)25)34(30,31)28-21-8-17(5-6-22(21)32-4)29-11-15(2)27-16(3)12-29/h5-10,13,15-16,27-28H,11-12H2,1-4H3/t15-,16+. The van der Waals surface area contributed by atoms with E-state index in [0.29, 0.717) is 4.88 Å². The molecule has 0 radical (unpaired) electrons. The Hall–Kier alpha value is -2.69. The fourth-order valence-electron chi connectivity index (χ4n) is 4.21. The lowest BCUT2D eigenvalue weighted by atomic mass is 10.1. The van der Waals surface area contributed by atoms with Gasteiger partial charge >= 0.3 is 0 Å². The average Bonchev–Trinajstić information content (AvgIpc) is 3.20. The number of rotatable bonds is 6. The van der Waals surface area contributed by atoms with Crippen LogP contribution in [0.15, 0.2) is 46.7 Å². The van der Waals surface area contributed by atoms with Crippen LogP contribution in [-0.2, 0) is 10.0 Å². The number of nitrogens with zero attached hydrogens (tertiary/aromatic N) is 1. The number of hydrogen-bond acceptors (Lipinski definition) is 6. The summed E-state index contributed by atoms with van der Waals surface area (Å²) in [5.41, 5.74) is 1.89. The van der Waals surface area contributed by atoms with E-state index in [1.807, 2.05) is 18.4 Å². The summed E-state index contributed by atoms with van der Waals surface area (Å²) in [4.78, 5) is 1.90. The molecule has 0 amide bonds. The van der Waals surface area contributed by atoms with E-state index in [1.54, 1.807) is 18.2 Å². The predicted octanol–water partition coefficient (Wildman–Crippen LogP) is 5.00. The van der Waals surface area contributed by atoms with Gasteiger partial charge in [0.1, 0.15) is 22.3 Å². The van der Waals surface area contributed by atoms with Crippen molar-refractivity contribution in [2.75, 3.05) is 29.8 Å². The molecule has 34 heavy (non-hydrogen) atoms. The molecular formula is C24H27F2N3O3S2. The zero-order valence-corrected chi connectivity index (χ0v) is 21.0. The van der Waals surface area contributed by atoms with Crippen molar-refractivity contribution in [1.82, 2.24) is 5.32 Å². The third-order valence-electron chi connectivity index (χ3n) is 5.66. The zero-order valence-electron chi connectivity index (χ0n) is 19.4. The number of aryl methyl sites for hydroxylation is 1. The minimum Gasteiger partial charge on any atom is -0.495 e. The van der Waals surface area contributed by atoms with Crippen molar-refractivity contribution < 1.29 is 21.9 Å². The molecule has 0 spiro atoms. The van der Waals surface area contributed by atoms with E-state index in [4.69, 9.17) is 4.74 Å². The van der Waals surface area contributed by atoms with Crippen LogP contribution < -0.4 is 19.7 Å². The van der Waals surface area contributed by atoms with E-state index in [2.05, 4.69) is 28.8 Å². The first-order valence-corrected chi connectivity index (χ1v) is 13.2. The van der Waals surface area contributed by atoms with E-state index in [-0.39, 0.29) is 29.1 Å². The minimum atomic E-state index is -4.43. The number of methoxy groups -OCH3 is 1. The molecule has 1 aliphatic heterocycles. The monoisotopic (exact) mass is 507 g/mol. The molecule has 0 bridgehead atoms. The van der Waals surface area contributed by atoms with Crippen LogP contribution in [0.1, 0.15) is 19.4 Å². The number of ether oxygens (including phenoxy) is 1. The molecule has 1 aromatic heterocycles. The van der Waals surface area contributed by atoms with E-state index in [9.17, 15) is 17.2 Å². The minimum absolute atomic E-state index is 0.0241. The van der Waals surface area contributed by atoms with Crippen molar-refractivity contribution >= 4 is 32.7 Å². The van der Waals surface area contributed by atoms with Gasteiger partial charge in [0.15, 0.2) is 0 Å². The highest BCUT2D eigenvalue weighted by Gasteiger charge is 2.26. The number of nitrogens with one attached hydrogen (secondary N) is 2. The van der Waals surface area contributed by atoms with Crippen LogP contribution in [0.3, 0.4) is 0 Å². The molecule has 2 heterocycles. The number of benzene rings is 2. The predicted molar refractivity (Wildman–Crippen MR) is 132 cm³/mol. The van der Waals surface area contributed by atoms with Crippen molar-refractivity contribution in [3.8, 4) is 16.2 Å². The van der Waals surface area contributed by atoms with E-state index in [0.717, 1.165) is 36.5 Å². The van der Waals surface area contributed by atoms with Crippen LogP contribution in [-0.4, -0.2) is 40.7 Å². The Kier molecular flexibility index (Phi) is 6.84. The second-order valence-corrected chi connectivity index (χ2v) is 11.2. The third-order valence-corrected chi connectivity index (χ3v) is 8.12. The van der Waals surface area contributed by atoms with Crippen LogP contribution in [0.4, 0.5) is 20.2 Å². The first-order chi connectivity index (χ1) is 16.1. The van der Waals surface area contributed by atoms with Crippen molar-refractivity contribution in [1.29, 1.82) is 0 Å². The number of thiophene rings is 1. The number of sulfonamides is 1. The Morgan fingerprint density at radius 1 is 1.09 bits per heavy atom. The summed E-state index contributed by atoms with van der Waals surface area (Å²) in [6.45, 7) is 7.49. The first-order valence-electron chi connectivity index (χ1n) is 10.8. The molecule has 1 saturated heterocycles. The third kappa shape index (κ3) is 5.03. The van der Waals surface area contributed by atoms with Gasteiger partial charge in [-0.2, -0.15) is 0 Å². The van der Waals surface area contributed by atoms with Crippen LogP contribution in [0.2, 0.25) is 0 Å². The molecule has 2 atom stereocenters. The molecule has 6 nitrogen and oxygen atoms in total. The SMILES string of the molecule is COc1ccc(N2C[C@@H](C)N[C@@H](C)C2)cc1NS(=O)(=O)c1cc(F)c(-c2cc(C)cs2)cc1F. The molecule has 0 unspecified atom stereocenters. The Morgan fingerprint density at radius 2 is 1.79 bits per heavy atom. The van der Waals surface area contributed by atoms with Crippen LogP contribution in [0.5, 0.6) is 5.75 Å². The van der Waals surface area contributed by atoms with Gasteiger partial charge in [-0.05, 0) is 68.1 Å². The van der Waals surface area contributed by atoms with Crippen LogP contribution in [0, 0.1) is 18.6 Å². The van der Waals surface area contributed by atoms with Gasteiger partial charge in [-0.15, -0.1) is 11.3 Å². The van der Waals surface area contributed by atoms with Gasteiger partial charge in [0.2, 0.25) is 0 Å². The Balaban J connectivity index is 1.67. The molecular weight excluding hydrogens is 480 g/mol. The molecule has 10 heteroatoms. The fraction of sp³-hybridized carbons (Fsp3) is 0.333. The second kappa shape index (κ2) is 9.52. The van der Waals surface area contributed by atoms with Crippen LogP contribution in [0.25, 0.3) is 10.4 Å². The van der Waals surface area contributed by atoms with E-state index >= 15 is 0 Å². The van der Waals surface area contributed by atoms with Gasteiger partial charge in [0.05, 0.1) is 12.8 Å².